The van der Waals surface area contributed by atoms with Gasteiger partial charge in [0.1, 0.15) is 6.26 Å². The fourth-order valence-electron chi connectivity index (χ4n) is 0.599. The number of carbonyl (C=O) groups excluding carboxylic acids is 2. The van der Waals surface area contributed by atoms with Gasteiger partial charge < -0.3 is 19.9 Å². The van der Waals surface area contributed by atoms with Crippen LogP contribution in [-0.4, -0.2) is 24.5 Å². The SMILES string of the molecule is NC(=O)C1=COC(OC(=O)C(F)(F)F)O1. The van der Waals surface area contributed by atoms with Gasteiger partial charge >= 0.3 is 18.6 Å². The summed E-state index contributed by atoms with van der Waals surface area (Å²) >= 11 is 0. The molecule has 0 aromatic carbocycles. The Labute approximate surface area is 80.4 Å². The van der Waals surface area contributed by atoms with E-state index in [1.807, 2.05) is 0 Å². The van der Waals surface area contributed by atoms with Crippen LogP contribution in [0.2, 0.25) is 0 Å². The predicted octanol–water partition coefficient (Wildman–Crippen LogP) is -0.251. The van der Waals surface area contributed by atoms with Gasteiger partial charge in [0.15, 0.2) is 0 Å². The average molecular weight is 227 g/mol. The van der Waals surface area contributed by atoms with Crippen LogP contribution in [0.15, 0.2) is 12.0 Å². The molecule has 1 rings (SSSR count). The summed E-state index contributed by atoms with van der Waals surface area (Å²) in [6, 6.07) is 0. The fraction of sp³-hybridized carbons (Fsp3) is 0.333. The molecule has 1 unspecified atom stereocenters. The third-order valence-electron chi connectivity index (χ3n) is 1.19. The van der Waals surface area contributed by atoms with Crippen molar-refractivity contribution < 1.29 is 37.0 Å². The molecule has 1 amide bonds. The second-order valence-electron chi connectivity index (χ2n) is 2.29. The van der Waals surface area contributed by atoms with E-state index in [4.69, 9.17) is 5.73 Å². The largest absolute Gasteiger partial charge is 0.491 e. The fourth-order valence-corrected chi connectivity index (χ4v) is 0.599. The lowest BCUT2D eigenvalue weighted by Gasteiger charge is -2.12. The van der Waals surface area contributed by atoms with Crippen LogP contribution in [0.3, 0.4) is 0 Å². The number of amides is 1. The van der Waals surface area contributed by atoms with Crippen molar-refractivity contribution in [1.82, 2.24) is 0 Å². The van der Waals surface area contributed by atoms with Gasteiger partial charge in [-0.15, -0.1) is 0 Å². The molecule has 15 heavy (non-hydrogen) atoms. The molecule has 9 heteroatoms. The molecule has 1 aliphatic rings. The zero-order valence-corrected chi connectivity index (χ0v) is 6.91. The van der Waals surface area contributed by atoms with Crippen molar-refractivity contribution in [3.63, 3.8) is 0 Å². The number of halogens is 3. The molecule has 0 aliphatic carbocycles. The summed E-state index contributed by atoms with van der Waals surface area (Å²) in [7, 11) is 0. The number of carbonyl (C=O) groups is 2. The summed E-state index contributed by atoms with van der Waals surface area (Å²) in [6.07, 6.45) is -4.52. The topological polar surface area (TPSA) is 87.9 Å². The molecule has 1 heterocycles. The summed E-state index contributed by atoms with van der Waals surface area (Å²) in [5.41, 5.74) is 4.70. The minimum Gasteiger partial charge on any atom is -0.427 e. The number of rotatable bonds is 2. The van der Waals surface area contributed by atoms with Crippen molar-refractivity contribution in [2.24, 2.45) is 5.73 Å². The lowest BCUT2D eigenvalue weighted by Crippen LogP contribution is -2.31. The molecule has 0 saturated heterocycles. The van der Waals surface area contributed by atoms with Crippen molar-refractivity contribution in [3.05, 3.63) is 12.0 Å². The molecule has 1 atom stereocenters. The van der Waals surface area contributed by atoms with E-state index in [2.05, 4.69) is 14.2 Å². The molecule has 0 saturated carbocycles. The van der Waals surface area contributed by atoms with Crippen LogP contribution in [-0.2, 0) is 23.8 Å². The van der Waals surface area contributed by atoms with Crippen LogP contribution in [0.4, 0.5) is 13.2 Å². The summed E-state index contributed by atoms with van der Waals surface area (Å²) in [5, 5.41) is 0. The quantitative estimate of drug-likeness (QED) is 0.657. The first-order valence-electron chi connectivity index (χ1n) is 3.40. The van der Waals surface area contributed by atoms with E-state index in [1.165, 1.54) is 0 Å². The van der Waals surface area contributed by atoms with Gasteiger partial charge in [-0.05, 0) is 0 Å². The second kappa shape index (κ2) is 3.67. The number of nitrogens with two attached hydrogens (primary N) is 1. The Balaban J connectivity index is 2.46. The van der Waals surface area contributed by atoms with Gasteiger partial charge in [0.05, 0.1) is 0 Å². The maximum Gasteiger partial charge on any atom is 0.491 e. The van der Waals surface area contributed by atoms with Gasteiger partial charge in [0, 0.05) is 0 Å². The minimum atomic E-state index is -5.16. The Morgan fingerprint density at radius 1 is 1.47 bits per heavy atom. The lowest BCUT2D eigenvalue weighted by molar-refractivity contribution is -0.254. The summed E-state index contributed by atoms with van der Waals surface area (Å²) in [5.74, 6) is -4.08. The lowest BCUT2D eigenvalue weighted by atomic mass is 10.5. The number of hydrogen-bond donors (Lipinski definition) is 1. The molecule has 2 N–H and O–H groups in total. The van der Waals surface area contributed by atoms with Crippen LogP contribution in [0.1, 0.15) is 0 Å². The first-order chi connectivity index (χ1) is 6.80. The zero-order chi connectivity index (χ0) is 11.6. The molecule has 0 fully saturated rings. The summed E-state index contributed by atoms with van der Waals surface area (Å²) in [6.45, 7) is -1.94. The zero-order valence-electron chi connectivity index (χ0n) is 6.91. The highest BCUT2D eigenvalue weighted by Gasteiger charge is 2.44. The molecule has 6 nitrogen and oxygen atoms in total. The van der Waals surface area contributed by atoms with E-state index in [0.717, 1.165) is 0 Å². The van der Waals surface area contributed by atoms with Gasteiger partial charge in [0.2, 0.25) is 5.76 Å². The number of ether oxygens (including phenoxy) is 3. The van der Waals surface area contributed by atoms with Crippen molar-refractivity contribution in [3.8, 4) is 0 Å². The van der Waals surface area contributed by atoms with Crippen LogP contribution in [0.5, 0.6) is 0 Å². The third-order valence-corrected chi connectivity index (χ3v) is 1.19. The number of primary amides is 1. The average Bonchev–Trinajstić information content (AvgIpc) is 2.50. The summed E-state index contributed by atoms with van der Waals surface area (Å²) < 4.78 is 47.3. The van der Waals surface area contributed by atoms with Crippen LogP contribution in [0, 0.1) is 0 Å². The van der Waals surface area contributed by atoms with E-state index in [1.54, 1.807) is 0 Å². The van der Waals surface area contributed by atoms with Gasteiger partial charge in [-0.3, -0.25) is 4.79 Å². The van der Waals surface area contributed by atoms with Gasteiger partial charge in [-0.2, -0.15) is 13.2 Å². The van der Waals surface area contributed by atoms with Crippen molar-refractivity contribution in [2.75, 3.05) is 0 Å². The maximum atomic E-state index is 11.7. The molecule has 0 aromatic rings. The first kappa shape index (κ1) is 11.1. The number of esters is 1. The molecule has 0 spiro atoms. The summed E-state index contributed by atoms with van der Waals surface area (Å²) in [4.78, 5) is 20.7. The van der Waals surface area contributed by atoms with Crippen LogP contribution in [0.25, 0.3) is 0 Å². The van der Waals surface area contributed by atoms with Gasteiger partial charge in [-0.1, -0.05) is 0 Å². The van der Waals surface area contributed by atoms with Crippen molar-refractivity contribution in [1.29, 1.82) is 0 Å². The van der Waals surface area contributed by atoms with Crippen LogP contribution < -0.4 is 5.73 Å². The van der Waals surface area contributed by atoms with E-state index in [0.29, 0.717) is 6.26 Å². The maximum absolute atomic E-state index is 11.7. The normalized spacial score (nSPS) is 19.9. The highest BCUT2D eigenvalue weighted by atomic mass is 19.4. The Kier molecular flexibility index (Phi) is 2.73. The molecule has 84 valence electrons. The van der Waals surface area contributed by atoms with Crippen molar-refractivity contribution in [2.45, 2.75) is 12.7 Å². The number of hydrogen-bond acceptors (Lipinski definition) is 5. The minimum absolute atomic E-state index is 0.532. The standard InChI is InChI=1S/C6H4F3NO5/c7-6(8,9)4(12)15-5-13-1-2(14-5)3(10)11/h1,5H,(H2,10,11). The van der Waals surface area contributed by atoms with E-state index < -0.39 is 30.3 Å². The molecular formula is C6H4F3NO5. The first-order valence-corrected chi connectivity index (χ1v) is 3.40. The predicted molar refractivity (Wildman–Crippen MR) is 35.4 cm³/mol. The number of alkyl halides is 3. The van der Waals surface area contributed by atoms with E-state index in [-0.39, 0.29) is 0 Å². The van der Waals surface area contributed by atoms with E-state index >= 15 is 0 Å². The van der Waals surface area contributed by atoms with Gasteiger partial charge in [-0.25, -0.2) is 4.79 Å². The molecule has 0 aromatic heterocycles. The highest BCUT2D eigenvalue weighted by molar-refractivity contribution is 5.89. The Morgan fingerprint density at radius 3 is 2.47 bits per heavy atom. The highest BCUT2D eigenvalue weighted by Crippen LogP contribution is 2.21. The Hall–Kier alpha value is -1.93. The second-order valence-corrected chi connectivity index (χ2v) is 2.29. The Morgan fingerprint density at radius 2 is 2.07 bits per heavy atom. The Bertz CT molecular complexity index is 323. The molecule has 1 aliphatic heterocycles. The third kappa shape index (κ3) is 2.76. The van der Waals surface area contributed by atoms with Gasteiger partial charge in [0.25, 0.3) is 5.91 Å². The smallest absolute Gasteiger partial charge is 0.427 e. The van der Waals surface area contributed by atoms with Crippen LogP contribution >= 0.6 is 0 Å². The molecule has 0 bridgehead atoms. The van der Waals surface area contributed by atoms with Crippen molar-refractivity contribution >= 4 is 11.9 Å². The van der Waals surface area contributed by atoms with E-state index in [9.17, 15) is 22.8 Å². The molecule has 0 radical (unpaired) electrons. The monoisotopic (exact) mass is 227 g/mol. The molecular weight excluding hydrogens is 223 g/mol.